The van der Waals surface area contributed by atoms with Crippen LogP contribution in [0.2, 0.25) is 0 Å². The molecule has 0 aromatic carbocycles. The average Bonchev–Trinajstić information content (AvgIpc) is 3.12. The lowest BCUT2D eigenvalue weighted by atomic mass is 10.3. The standard InChI is InChI=1S/C15H20N6/c1-3-9-21-13(7-8-17-21)11-16-12(2)15-19-18-14-6-4-5-10-20(14)15/h4-8,10,12,16H,3,9,11H2,1-2H3. The zero-order chi connectivity index (χ0) is 14.7. The van der Waals surface area contributed by atoms with Crippen LogP contribution >= 0.6 is 0 Å². The summed E-state index contributed by atoms with van der Waals surface area (Å²) in [7, 11) is 0. The van der Waals surface area contributed by atoms with Gasteiger partial charge in [0.15, 0.2) is 11.5 Å². The molecule has 3 aromatic rings. The van der Waals surface area contributed by atoms with Crippen LogP contribution in [-0.2, 0) is 13.1 Å². The van der Waals surface area contributed by atoms with E-state index in [9.17, 15) is 0 Å². The maximum absolute atomic E-state index is 4.34. The van der Waals surface area contributed by atoms with Crippen molar-refractivity contribution in [3.63, 3.8) is 0 Å². The lowest BCUT2D eigenvalue weighted by Gasteiger charge is -2.13. The van der Waals surface area contributed by atoms with Gasteiger partial charge in [-0.2, -0.15) is 5.10 Å². The molecule has 110 valence electrons. The van der Waals surface area contributed by atoms with Gasteiger partial charge in [-0.05, 0) is 31.5 Å². The minimum atomic E-state index is 0.118. The number of aromatic nitrogens is 5. The summed E-state index contributed by atoms with van der Waals surface area (Å²) in [6, 6.07) is 8.09. The normalized spacial score (nSPS) is 12.9. The van der Waals surface area contributed by atoms with E-state index >= 15 is 0 Å². The molecule has 3 heterocycles. The van der Waals surface area contributed by atoms with Gasteiger partial charge in [-0.15, -0.1) is 10.2 Å². The molecular formula is C15H20N6. The van der Waals surface area contributed by atoms with Gasteiger partial charge < -0.3 is 5.32 Å². The monoisotopic (exact) mass is 284 g/mol. The summed E-state index contributed by atoms with van der Waals surface area (Å²) in [5, 5.41) is 16.3. The quantitative estimate of drug-likeness (QED) is 0.753. The Labute approximate surface area is 123 Å². The zero-order valence-electron chi connectivity index (χ0n) is 12.4. The highest BCUT2D eigenvalue weighted by Gasteiger charge is 2.13. The summed E-state index contributed by atoms with van der Waals surface area (Å²) >= 11 is 0. The van der Waals surface area contributed by atoms with Gasteiger partial charge in [-0.1, -0.05) is 13.0 Å². The Bertz CT molecular complexity index is 714. The average molecular weight is 284 g/mol. The van der Waals surface area contributed by atoms with Crippen LogP contribution in [0, 0.1) is 0 Å². The number of hydrogen-bond acceptors (Lipinski definition) is 4. The minimum Gasteiger partial charge on any atom is -0.302 e. The van der Waals surface area contributed by atoms with E-state index in [0.29, 0.717) is 0 Å². The maximum Gasteiger partial charge on any atom is 0.160 e. The van der Waals surface area contributed by atoms with Crippen LogP contribution in [0.3, 0.4) is 0 Å². The molecule has 0 bridgehead atoms. The van der Waals surface area contributed by atoms with Crippen LogP contribution < -0.4 is 5.32 Å². The zero-order valence-corrected chi connectivity index (χ0v) is 12.4. The summed E-state index contributed by atoms with van der Waals surface area (Å²) in [5.74, 6) is 0.923. The van der Waals surface area contributed by atoms with E-state index in [-0.39, 0.29) is 6.04 Å². The molecule has 0 saturated carbocycles. The number of nitrogens with zero attached hydrogens (tertiary/aromatic N) is 5. The fourth-order valence-corrected chi connectivity index (χ4v) is 2.43. The van der Waals surface area contributed by atoms with Crippen LogP contribution in [0.4, 0.5) is 0 Å². The van der Waals surface area contributed by atoms with Gasteiger partial charge in [-0.25, -0.2) is 0 Å². The predicted octanol–water partition coefficient (Wildman–Crippen LogP) is 2.19. The van der Waals surface area contributed by atoms with Crippen LogP contribution in [-0.4, -0.2) is 24.4 Å². The highest BCUT2D eigenvalue weighted by atomic mass is 15.3. The molecule has 3 aromatic heterocycles. The molecule has 0 radical (unpaired) electrons. The van der Waals surface area contributed by atoms with E-state index in [1.54, 1.807) is 0 Å². The van der Waals surface area contributed by atoms with Gasteiger partial charge in [0, 0.05) is 25.5 Å². The molecular weight excluding hydrogens is 264 g/mol. The van der Waals surface area contributed by atoms with Crippen molar-refractivity contribution in [2.45, 2.75) is 39.4 Å². The predicted molar refractivity (Wildman–Crippen MR) is 80.8 cm³/mol. The molecule has 6 nitrogen and oxygen atoms in total. The lowest BCUT2D eigenvalue weighted by molar-refractivity contribution is 0.501. The molecule has 6 heteroatoms. The Hall–Kier alpha value is -2.21. The third-order valence-electron chi connectivity index (χ3n) is 3.56. The molecule has 0 aliphatic rings. The van der Waals surface area contributed by atoms with E-state index < -0.39 is 0 Å². The molecule has 0 saturated heterocycles. The molecule has 3 rings (SSSR count). The molecule has 0 aliphatic heterocycles. The summed E-state index contributed by atoms with van der Waals surface area (Å²) < 4.78 is 4.06. The Balaban J connectivity index is 1.71. The first-order valence-electron chi connectivity index (χ1n) is 7.33. The van der Waals surface area contributed by atoms with E-state index in [4.69, 9.17) is 0 Å². The third kappa shape index (κ3) is 2.80. The summed E-state index contributed by atoms with van der Waals surface area (Å²) in [4.78, 5) is 0. The first-order chi connectivity index (χ1) is 10.3. The van der Waals surface area contributed by atoms with Crippen molar-refractivity contribution in [3.05, 3.63) is 48.2 Å². The van der Waals surface area contributed by atoms with E-state index in [2.05, 4.69) is 40.5 Å². The SMILES string of the molecule is CCCn1nccc1CNC(C)c1nnc2ccccn12. The second-order valence-corrected chi connectivity index (χ2v) is 5.14. The fraction of sp³-hybridized carbons (Fsp3) is 0.400. The Morgan fingerprint density at radius 3 is 3.00 bits per heavy atom. The van der Waals surface area contributed by atoms with Gasteiger partial charge >= 0.3 is 0 Å². The fourth-order valence-electron chi connectivity index (χ4n) is 2.43. The van der Waals surface area contributed by atoms with Gasteiger partial charge in [0.1, 0.15) is 0 Å². The Kier molecular flexibility index (Phi) is 3.96. The molecule has 1 N–H and O–H groups in total. The lowest BCUT2D eigenvalue weighted by Crippen LogP contribution is -2.22. The Morgan fingerprint density at radius 1 is 1.24 bits per heavy atom. The van der Waals surface area contributed by atoms with Gasteiger partial charge in [0.2, 0.25) is 0 Å². The maximum atomic E-state index is 4.34. The van der Waals surface area contributed by atoms with Crippen molar-refractivity contribution in [2.24, 2.45) is 0 Å². The van der Waals surface area contributed by atoms with Crippen LogP contribution in [0.25, 0.3) is 5.65 Å². The molecule has 0 amide bonds. The molecule has 1 unspecified atom stereocenters. The molecule has 21 heavy (non-hydrogen) atoms. The molecule has 0 fully saturated rings. The van der Waals surface area contributed by atoms with E-state index in [0.717, 1.165) is 31.0 Å². The van der Waals surface area contributed by atoms with Gasteiger partial charge in [-0.3, -0.25) is 9.08 Å². The van der Waals surface area contributed by atoms with Gasteiger partial charge in [0.05, 0.1) is 11.7 Å². The summed E-state index contributed by atoms with van der Waals surface area (Å²) in [6.07, 6.45) is 4.92. The molecule has 0 aliphatic carbocycles. The van der Waals surface area contributed by atoms with Crippen LogP contribution in [0.15, 0.2) is 36.7 Å². The smallest absolute Gasteiger partial charge is 0.160 e. The van der Waals surface area contributed by atoms with E-state index in [1.807, 2.05) is 39.7 Å². The van der Waals surface area contributed by atoms with Gasteiger partial charge in [0.25, 0.3) is 0 Å². The molecule has 0 spiro atoms. The third-order valence-corrected chi connectivity index (χ3v) is 3.56. The second kappa shape index (κ2) is 6.05. The molecule has 1 atom stereocenters. The second-order valence-electron chi connectivity index (χ2n) is 5.14. The van der Waals surface area contributed by atoms with Crippen molar-refractivity contribution in [3.8, 4) is 0 Å². The number of rotatable bonds is 6. The topological polar surface area (TPSA) is 60.0 Å². The summed E-state index contributed by atoms with van der Waals surface area (Å²) in [6.45, 7) is 5.98. The number of hydrogen-bond donors (Lipinski definition) is 1. The van der Waals surface area contributed by atoms with Crippen molar-refractivity contribution in [2.75, 3.05) is 0 Å². The Morgan fingerprint density at radius 2 is 2.14 bits per heavy atom. The highest BCUT2D eigenvalue weighted by molar-refractivity contribution is 5.37. The number of pyridine rings is 1. The number of nitrogens with one attached hydrogen (secondary N) is 1. The van der Waals surface area contributed by atoms with Crippen LogP contribution in [0.1, 0.15) is 37.8 Å². The first kappa shape index (κ1) is 13.8. The first-order valence-corrected chi connectivity index (χ1v) is 7.33. The number of aryl methyl sites for hydroxylation is 1. The summed E-state index contributed by atoms with van der Waals surface area (Å²) in [5.41, 5.74) is 2.06. The van der Waals surface area contributed by atoms with Crippen molar-refractivity contribution in [1.29, 1.82) is 0 Å². The van der Waals surface area contributed by atoms with E-state index in [1.165, 1.54) is 5.69 Å². The largest absolute Gasteiger partial charge is 0.302 e. The van der Waals surface area contributed by atoms with Crippen LogP contribution in [0.5, 0.6) is 0 Å². The van der Waals surface area contributed by atoms with Crippen molar-refractivity contribution >= 4 is 5.65 Å². The van der Waals surface area contributed by atoms with Crippen molar-refractivity contribution in [1.82, 2.24) is 29.7 Å². The number of fused-ring (bicyclic) bond motifs is 1. The minimum absolute atomic E-state index is 0.118. The highest BCUT2D eigenvalue weighted by Crippen LogP contribution is 2.12. The van der Waals surface area contributed by atoms with Crippen molar-refractivity contribution < 1.29 is 0 Å².